The summed E-state index contributed by atoms with van der Waals surface area (Å²) in [7, 11) is 0. The molecule has 2 N–H and O–H groups in total. The fourth-order valence-electron chi connectivity index (χ4n) is 1.82. The predicted molar refractivity (Wildman–Crippen MR) is 48.9 cm³/mol. The van der Waals surface area contributed by atoms with Crippen LogP contribution in [0.1, 0.15) is 27.7 Å². The number of rotatable bonds is 2. The molecular formula is C9H17N2O2. The molecule has 0 aromatic rings. The molecule has 1 radical (unpaired) electrons. The topological polar surface area (TPSA) is 58.4 Å². The highest BCUT2D eigenvalue weighted by Gasteiger charge is 2.46. The highest BCUT2D eigenvalue weighted by atomic mass is 16.6. The number of hydrogen-bond acceptors (Lipinski definition) is 3. The third kappa shape index (κ3) is 1.62. The molecule has 1 heterocycles. The van der Waals surface area contributed by atoms with Crippen molar-refractivity contribution >= 4 is 0 Å². The Labute approximate surface area is 78.9 Å². The minimum atomic E-state index is -0.511. The van der Waals surface area contributed by atoms with Gasteiger partial charge in [-0.25, -0.2) is 5.90 Å². The summed E-state index contributed by atoms with van der Waals surface area (Å²) >= 11 is 0. The van der Waals surface area contributed by atoms with Crippen LogP contribution in [-0.4, -0.2) is 22.7 Å². The van der Waals surface area contributed by atoms with E-state index in [1.54, 1.807) is 0 Å². The Morgan fingerprint density at radius 3 is 2.31 bits per heavy atom. The number of nitrogens with two attached hydrogens (primary N) is 1. The quantitative estimate of drug-likeness (QED) is 0.516. The van der Waals surface area contributed by atoms with Crippen molar-refractivity contribution in [1.82, 2.24) is 5.06 Å². The average Bonchev–Trinajstić information content (AvgIpc) is 2.14. The van der Waals surface area contributed by atoms with Crippen molar-refractivity contribution in [2.75, 3.05) is 6.61 Å². The SMILES string of the molecule is CC1(C)C=C(CON)C(C)(C)N1[O]. The first-order valence-corrected chi connectivity index (χ1v) is 4.34. The molecule has 0 amide bonds. The van der Waals surface area contributed by atoms with Gasteiger partial charge in [-0.15, -0.1) is 10.3 Å². The van der Waals surface area contributed by atoms with Crippen LogP contribution in [0.25, 0.3) is 0 Å². The first-order valence-electron chi connectivity index (χ1n) is 4.34. The largest absolute Gasteiger partial charge is 0.300 e. The van der Waals surface area contributed by atoms with Crippen LogP contribution in [0.2, 0.25) is 0 Å². The van der Waals surface area contributed by atoms with Gasteiger partial charge in [0.1, 0.15) is 0 Å². The van der Waals surface area contributed by atoms with Gasteiger partial charge in [0, 0.05) is 0 Å². The highest BCUT2D eigenvalue weighted by Crippen LogP contribution is 2.38. The molecule has 75 valence electrons. The third-order valence-electron chi connectivity index (χ3n) is 2.58. The Balaban J connectivity index is 2.95. The molecule has 0 spiro atoms. The molecule has 1 rings (SSSR count). The van der Waals surface area contributed by atoms with Crippen molar-refractivity contribution in [3.8, 4) is 0 Å². The van der Waals surface area contributed by atoms with Gasteiger partial charge in [0.15, 0.2) is 0 Å². The Bertz CT molecular complexity index is 234. The zero-order chi connectivity index (χ0) is 10.3. The molecule has 0 aliphatic carbocycles. The summed E-state index contributed by atoms with van der Waals surface area (Å²) in [6.07, 6.45) is 1.92. The van der Waals surface area contributed by atoms with Gasteiger partial charge in [-0.1, -0.05) is 6.08 Å². The number of nitrogens with zero attached hydrogens (tertiary/aromatic N) is 1. The lowest BCUT2D eigenvalue weighted by molar-refractivity contribution is -0.239. The Hall–Kier alpha value is -0.420. The first-order chi connectivity index (χ1) is 5.82. The Morgan fingerprint density at radius 2 is 2.00 bits per heavy atom. The lowest BCUT2D eigenvalue weighted by Crippen LogP contribution is -2.47. The monoisotopic (exact) mass is 185 g/mol. The van der Waals surface area contributed by atoms with Crippen molar-refractivity contribution in [2.45, 2.75) is 38.8 Å². The summed E-state index contributed by atoms with van der Waals surface area (Å²) in [6, 6.07) is 0. The molecule has 4 heteroatoms. The van der Waals surface area contributed by atoms with Gasteiger partial charge in [-0.3, -0.25) is 0 Å². The van der Waals surface area contributed by atoms with E-state index in [1.807, 2.05) is 33.8 Å². The molecular weight excluding hydrogens is 168 g/mol. The second-order valence-electron chi connectivity index (χ2n) is 4.49. The second-order valence-corrected chi connectivity index (χ2v) is 4.49. The van der Waals surface area contributed by atoms with E-state index in [0.29, 0.717) is 6.61 Å². The average molecular weight is 185 g/mol. The Kier molecular flexibility index (Phi) is 2.51. The molecule has 0 saturated heterocycles. The molecule has 0 bridgehead atoms. The Morgan fingerprint density at radius 1 is 1.46 bits per heavy atom. The minimum absolute atomic E-state index is 0.315. The van der Waals surface area contributed by atoms with E-state index in [1.165, 1.54) is 0 Å². The standard InChI is InChI=1S/C9H17N2O2/c1-8(2)5-7(6-13-10)9(3,4)11(8)12/h5H,6,10H2,1-4H3. The van der Waals surface area contributed by atoms with Gasteiger partial charge >= 0.3 is 0 Å². The van der Waals surface area contributed by atoms with Gasteiger partial charge in [-0.05, 0) is 33.3 Å². The fourth-order valence-corrected chi connectivity index (χ4v) is 1.82. The van der Waals surface area contributed by atoms with Crippen LogP contribution in [0.5, 0.6) is 0 Å². The zero-order valence-corrected chi connectivity index (χ0v) is 8.63. The second kappa shape index (κ2) is 3.06. The molecule has 0 aromatic heterocycles. The van der Waals surface area contributed by atoms with Crippen LogP contribution in [0.4, 0.5) is 0 Å². The van der Waals surface area contributed by atoms with E-state index in [-0.39, 0.29) is 0 Å². The molecule has 0 aromatic carbocycles. The highest BCUT2D eigenvalue weighted by molar-refractivity contribution is 5.29. The van der Waals surface area contributed by atoms with Crippen LogP contribution < -0.4 is 5.90 Å². The van der Waals surface area contributed by atoms with Crippen molar-refractivity contribution in [3.63, 3.8) is 0 Å². The maximum Gasteiger partial charge on any atom is 0.0909 e. The van der Waals surface area contributed by atoms with E-state index in [2.05, 4.69) is 4.84 Å². The van der Waals surface area contributed by atoms with Crippen LogP contribution in [-0.2, 0) is 10.0 Å². The summed E-state index contributed by atoms with van der Waals surface area (Å²) in [5, 5.41) is 12.9. The zero-order valence-electron chi connectivity index (χ0n) is 8.63. The van der Waals surface area contributed by atoms with E-state index in [0.717, 1.165) is 10.6 Å². The maximum absolute atomic E-state index is 11.8. The third-order valence-corrected chi connectivity index (χ3v) is 2.58. The summed E-state index contributed by atoms with van der Waals surface area (Å²) in [5.41, 5.74) is -0.0322. The van der Waals surface area contributed by atoms with E-state index in [4.69, 9.17) is 5.90 Å². The van der Waals surface area contributed by atoms with E-state index >= 15 is 0 Å². The molecule has 0 atom stereocenters. The molecule has 13 heavy (non-hydrogen) atoms. The molecule has 1 aliphatic heterocycles. The van der Waals surface area contributed by atoms with E-state index < -0.39 is 11.1 Å². The molecule has 0 fully saturated rings. The van der Waals surface area contributed by atoms with Gasteiger partial charge in [0.05, 0.1) is 17.7 Å². The van der Waals surface area contributed by atoms with Gasteiger partial charge in [0.2, 0.25) is 0 Å². The summed E-state index contributed by atoms with van der Waals surface area (Å²) in [6.45, 7) is 7.82. The smallest absolute Gasteiger partial charge is 0.0909 e. The lowest BCUT2D eigenvalue weighted by Gasteiger charge is -2.33. The number of hydrogen-bond donors (Lipinski definition) is 1. The van der Waals surface area contributed by atoms with Crippen LogP contribution in [0, 0.1) is 0 Å². The lowest BCUT2D eigenvalue weighted by atomic mass is 9.97. The van der Waals surface area contributed by atoms with Crippen LogP contribution >= 0.6 is 0 Å². The van der Waals surface area contributed by atoms with Gasteiger partial charge in [-0.2, -0.15) is 0 Å². The predicted octanol–water partition coefficient (Wildman–Crippen LogP) is 1.02. The molecule has 0 saturated carbocycles. The van der Waals surface area contributed by atoms with Crippen molar-refractivity contribution in [2.24, 2.45) is 5.90 Å². The van der Waals surface area contributed by atoms with E-state index in [9.17, 15) is 5.21 Å². The molecule has 0 unspecified atom stereocenters. The normalized spacial score (nSPS) is 26.2. The van der Waals surface area contributed by atoms with Crippen LogP contribution in [0.3, 0.4) is 0 Å². The molecule has 4 nitrogen and oxygen atoms in total. The summed E-state index contributed by atoms with van der Waals surface area (Å²) in [4.78, 5) is 4.57. The molecule has 1 aliphatic rings. The van der Waals surface area contributed by atoms with Crippen molar-refractivity contribution in [1.29, 1.82) is 0 Å². The maximum atomic E-state index is 11.8. The first kappa shape index (κ1) is 10.7. The minimum Gasteiger partial charge on any atom is -0.300 e. The number of hydroxylamine groups is 2. The summed E-state index contributed by atoms with van der Waals surface area (Å²) < 4.78 is 0. The summed E-state index contributed by atoms with van der Waals surface area (Å²) in [5.74, 6) is 5.00. The van der Waals surface area contributed by atoms with Gasteiger partial charge in [0.25, 0.3) is 0 Å². The van der Waals surface area contributed by atoms with Crippen molar-refractivity contribution < 1.29 is 10.0 Å². The fraction of sp³-hybridized carbons (Fsp3) is 0.778. The van der Waals surface area contributed by atoms with Crippen LogP contribution in [0.15, 0.2) is 11.6 Å². The van der Waals surface area contributed by atoms with Crippen molar-refractivity contribution in [3.05, 3.63) is 11.6 Å². The van der Waals surface area contributed by atoms with Gasteiger partial charge < -0.3 is 4.84 Å².